The van der Waals surface area contributed by atoms with E-state index < -0.39 is 30.7 Å². The van der Waals surface area contributed by atoms with E-state index in [-0.39, 0.29) is 24.7 Å². The number of rotatable bonds is 8. The second kappa shape index (κ2) is 11.0. The Labute approximate surface area is 230 Å². The highest BCUT2D eigenvalue weighted by atomic mass is 19.4. The highest BCUT2D eigenvalue weighted by Crippen LogP contribution is 2.48. The van der Waals surface area contributed by atoms with Gasteiger partial charge in [0.1, 0.15) is 11.6 Å². The smallest absolute Gasteiger partial charge is 0.416 e. The summed E-state index contributed by atoms with van der Waals surface area (Å²) in [7, 11) is 1.51. The van der Waals surface area contributed by atoms with Crippen molar-refractivity contribution in [3.05, 3.63) is 94.6 Å². The summed E-state index contributed by atoms with van der Waals surface area (Å²) in [6.07, 6.45) is -2.29. The van der Waals surface area contributed by atoms with Crippen LogP contribution in [0.25, 0.3) is 0 Å². The number of carbonyl (C=O) groups is 1. The van der Waals surface area contributed by atoms with Gasteiger partial charge in [0.2, 0.25) is 5.91 Å². The van der Waals surface area contributed by atoms with Gasteiger partial charge in [-0.05, 0) is 72.4 Å². The van der Waals surface area contributed by atoms with Gasteiger partial charge in [0.05, 0.1) is 31.0 Å². The molecule has 0 radical (unpaired) electrons. The number of aliphatic hydroxyl groups excluding tert-OH is 1. The summed E-state index contributed by atoms with van der Waals surface area (Å²) in [5.41, 5.74) is 8.43. The number of nitrogens with zero attached hydrogens (tertiary/aromatic N) is 2. The van der Waals surface area contributed by atoms with E-state index in [4.69, 9.17) is 4.74 Å². The zero-order valence-corrected chi connectivity index (χ0v) is 22.2. The van der Waals surface area contributed by atoms with E-state index in [2.05, 4.69) is 5.43 Å². The first-order chi connectivity index (χ1) is 19.1. The predicted octanol–water partition coefficient (Wildman–Crippen LogP) is 5.28. The van der Waals surface area contributed by atoms with E-state index >= 15 is 0 Å². The van der Waals surface area contributed by atoms with Crippen molar-refractivity contribution in [1.82, 2.24) is 10.3 Å². The van der Waals surface area contributed by atoms with Crippen LogP contribution in [-0.4, -0.2) is 48.4 Å². The third kappa shape index (κ3) is 5.32. The first kappa shape index (κ1) is 27.8. The average Bonchev–Trinajstić information content (AvgIpc) is 3.56. The Hall–Kier alpha value is -3.79. The maximum absolute atomic E-state index is 13.9. The molecule has 0 aromatic heterocycles. The molecule has 10 heteroatoms. The molecule has 0 saturated carbocycles. The monoisotopic (exact) mass is 557 g/mol. The minimum atomic E-state index is -4.84. The summed E-state index contributed by atoms with van der Waals surface area (Å²) < 4.78 is 58.9. The minimum absolute atomic E-state index is 0.00350. The van der Waals surface area contributed by atoms with Gasteiger partial charge in [0.15, 0.2) is 6.10 Å². The number of ether oxygens (including phenoxy) is 1. The van der Waals surface area contributed by atoms with Gasteiger partial charge in [-0.25, -0.2) is 4.39 Å². The number of methoxy groups -OCH3 is 1. The van der Waals surface area contributed by atoms with Gasteiger partial charge in [-0.3, -0.25) is 9.80 Å². The number of benzene rings is 2. The molecule has 0 bridgehead atoms. The molecule has 2 N–H and O–H groups in total. The van der Waals surface area contributed by atoms with Gasteiger partial charge in [-0.1, -0.05) is 25.1 Å². The molecule has 1 amide bonds. The van der Waals surface area contributed by atoms with Crippen LogP contribution < -0.4 is 15.2 Å². The van der Waals surface area contributed by atoms with E-state index in [1.165, 1.54) is 19.2 Å². The molecule has 6 nitrogen and oxygen atoms in total. The number of alkyl halides is 3. The van der Waals surface area contributed by atoms with Crippen LogP contribution in [0.5, 0.6) is 5.75 Å². The highest BCUT2D eigenvalue weighted by Gasteiger charge is 2.44. The molecule has 5 rings (SSSR count). The third-order valence-corrected chi connectivity index (χ3v) is 7.89. The maximum atomic E-state index is 13.9. The summed E-state index contributed by atoms with van der Waals surface area (Å²) in [6, 6.07) is 13.3. The number of aliphatic hydroxyl groups is 1. The van der Waals surface area contributed by atoms with Crippen molar-refractivity contribution < 1.29 is 32.2 Å². The van der Waals surface area contributed by atoms with Crippen LogP contribution in [0.4, 0.5) is 23.2 Å². The highest BCUT2D eigenvalue weighted by molar-refractivity contribution is 5.84. The van der Waals surface area contributed by atoms with Gasteiger partial charge >= 0.3 is 6.18 Å². The number of amides is 1. The quantitative estimate of drug-likeness (QED) is 0.433. The van der Waals surface area contributed by atoms with Crippen LogP contribution in [0.1, 0.15) is 25.3 Å². The van der Waals surface area contributed by atoms with E-state index in [1.807, 2.05) is 24.2 Å². The van der Waals surface area contributed by atoms with Crippen molar-refractivity contribution in [1.29, 1.82) is 0 Å². The Kier molecular flexibility index (Phi) is 7.63. The molecule has 0 spiro atoms. The minimum Gasteiger partial charge on any atom is -0.496 e. The molecule has 0 saturated heterocycles. The Morgan fingerprint density at radius 1 is 1.20 bits per heavy atom. The van der Waals surface area contributed by atoms with Crippen molar-refractivity contribution >= 4 is 11.6 Å². The van der Waals surface area contributed by atoms with Crippen LogP contribution in [-0.2, 0) is 11.2 Å². The van der Waals surface area contributed by atoms with Gasteiger partial charge in [-0.15, -0.1) is 0 Å². The molecule has 212 valence electrons. The van der Waals surface area contributed by atoms with Gasteiger partial charge in [0, 0.05) is 24.2 Å². The van der Waals surface area contributed by atoms with E-state index in [0.29, 0.717) is 18.6 Å². The second-order valence-electron chi connectivity index (χ2n) is 10.3. The summed E-state index contributed by atoms with van der Waals surface area (Å²) >= 11 is 0. The zero-order valence-electron chi connectivity index (χ0n) is 22.2. The number of halogens is 4. The normalized spacial score (nSPS) is 20.8. The lowest BCUT2D eigenvalue weighted by Gasteiger charge is -2.33. The molecular formula is C30H31F4N3O3. The molecular weight excluding hydrogens is 526 g/mol. The number of carbonyl (C=O) groups excluding carboxylic acids is 1. The van der Waals surface area contributed by atoms with Crippen molar-refractivity contribution in [2.75, 3.05) is 25.2 Å². The molecule has 2 aromatic carbocycles. The van der Waals surface area contributed by atoms with Crippen LogP contribution in [0.15, 0.2) is 83.2 Å². The molecule has 2 aliphatic carbocycles. The van der Waals surface area contributed by atoms with Crippen molar-refractivity contribution in [3.63, 3.8) is 0 Å². The lowest BCUT2D eigenvalue weighted by molar-refractivity contribution is -0.208. The Bertz CT molecular complexity index is 1370. The molecule has 0 fully saturated rings. The van der Waals surface area contributed by atoms with Crippen molar-refractivity contribution in [2.24, 2.45) is 11.8 Å². The van der Waals surface area contributed by atoms with Crippen LogP contribution >= 0.6 is 0 Å². The Balaban J connectivity index is 1.41. The molecule has 40 heavy (non-hydrogen) atoms. The van der Waals surface area contributed by atoms with E-state index in [9.17, 15) is 27.5 Å². The number of fused-ring (bicyclic) bond motifs is 1. The lowest BCUT2D eigenvalue weighted by Crippen LogP contribution is -2.47. The topological polar surface area (TPSA) is 65.0 Å². The van der Waals surface area contributed by atoms with Gasteiger partial charge < -0.3 is 20.2 Å². The van der Waals surface area contributed by atoms with Crippen LogP contribution in [0, 0.1) is 17.7 Å². The van der Waals surface area contributed by atoms with Crippen LogP contribution in [0.3, 0.4) is 0 Å². The zero-order chi connectivity index (χ0) is 28.6. The number of hydrogen-bond acceptors (Lipinski definition) is 5. The van der Waals surface area contributed by atoms with Gasteiger partial charge in [-0.2, -0.15) is 13.2 Å². The fraction of sp³-hybridized carbons (Fsp3) is 0.367. The van der Waals surface area contributed by atoms with Crippen molar-refractivity contribution in [3.8, 4) is 5.75 Å². The summed E-state index contributed by atoms with van der Waals surface area (Å²) in [5, 5.41) is 11.7. The van der Waals surface area contributed by atoms with Crippen molar-refractivity contribution in [2.45, 2.75) is 38.5 Å². The lowest BCUT2D eigenvalue weighted by atomic mass is 9.80. The number of nitrogens with one attached hydrogen (secondary N) is 1. The largest absolute Gasteiger partial charge is 0.496 e. The number of para-hydroxylation sites is 1. The number of hydrogen-bond donors (Lipinski definition) is 2. The molecule has 3 aliphatic rings. The molecule has 1 heterocycles. The maximum Gasteiger partial charge on any atom is 0.416 e. The summed E-state index contributed by atoms with van der Waals surface area (Å²) in [5.74, 6) is -0.930. The summed E-state index contributed by atoms with van der Waals surface area (Å²) in [6.45, 7) is 1.15. The fourth-order valence-electron chi connectivity index (χ4n) is 5.84. The van der Waals surface area contributed by atoms with Crippen LogP contribution in [0.2, 0.25) is 0 Å². The van der Waals surface area contributed by atoms with E-state index in [0.717, 1.165) is 38.6 Å². The van der Waals surface area contributed by atoms with Gasteiger partial charge in [0.25, 0.3) is 0 Å². The third-order valence-electron chi connectivity index (χ3n) is 7.89. The first-order valence-electron chi connectivity index (χ1n) is 13.2. The van der Waals surface area contributed by atoms with E-state index in [1.54, 1.807) is 36.4 Å². The Morgan fingerprint density at radius 2 is 1.93 bits per heavy atom. The standard InChI is InChI=1S/C30H31F4N3O3/c1-18-24-16-35-37(22-10-8-21(31)9-11-22)25(24)15-20-7-12-23(28(18)20)29(39)36(17-27(38)30(32,33)34)14-13-19-5-3-4-6-26(19)40-2/h3-6,8-11,15-16,18,23,27,35,38H,7,12-14,17H2,1-2H3/t18-,23-,27+/m0/s1. The number of allylic oxidation sites excluding steroid dienone is 3. The molecule has 3 atom stereocenters. The summed E-state index contributed by atoms with van der Waals surface area (Å²) in [4.78, 5) is 15.0. The molecule has 1 aliphatic heterocycles. The molecule has 0 unspecified atom stereocenters. The first-order valence-corrected chi connectivity index (χ1v) is 13.2. The number of anilines is 1. The fourth-order valence-corrected chi connectivity index (χ4v) is 5.84. The average molecular weight is 558 g/mol. The Morgan fingerprint density at radius 3 is 2.62 bits per heavy atom. The number of hydrazine groups is 1. The second-order valence-corrected chi connectivity index (χ2v) is 10.3. The predicted molar refractivity (Wildman–Crippen MR) is 142 cm³/mol. The SMILES string of the molecule is COc1ccccc1CCN(C[C@@H](O)C(F)(F)F)C(=O)[C@H]1CCC2=C1[C@@H](C)C1=CNN(c3ccc(F)cc3)C1=C2. The molecule has 2 aromatic rings.